The van der Waals surface area contributed by atoms with Gasteiger partial charge in [0.25, 0.3) is 0 Å². The largest absolute Gasteiger partial charge is 0.355 e. The zero-order valence-electron chi connectivity index (χ0n) is 14.8. The first-order chi connectivity index (χ1) is 13.5. The number of fused-ring (bicyclic) bond motifs is 1. The van der Waals surface area contributed by atoms with Crippen molar-refractivity contribution in [3.05, 3.63) is 60.1 Å². The summed E-state index contributed by atoms with van der Waals surface area (Å²) < 4.78 is 28.7. The molecule has 1 aliphatic rings. The Bertz CT molecular complexity index is 1030. The van der Waals surface area contributed by atoms with Gasteiger partial charge in [0.2, 0.25) is 11.8 Å². The summed E-state index contributed by atoms with van der Waals surface area (Å²) in [6, 6.07) is 8.47. The lowest BCUT2D eigenvalue weighted by Crippen LogP contribution is -2.34. The van der Waals surface area contributed by atoms with Crippen molar-refractivity contribution in [2.75, 3.05) is 18.0 Å². The Morgan fingerprint density at radius 3 is 2.75 bits per heavy atom. The molecule has 0 aliphatic carbocycles. The van der Waals surface area contributed by atoms with E-state index in [0.717, 1.165) is 29.7 Å². The van der Waals surface area contributed by atoms with E-state index in [4.69, 9.17) is 0 Å². The molecule has 9 heteroatoms. The summed E-state index contributed by atoms with van der Waals surface area (Å²) in [6.45, 7) is 0.426. The summed E-state index contributed by atoms with van der Waals surface area (Å²) in [4.78, 5) is 25.8. The maximum Gasteiger partial charge on any atom is 0.227 e. The number of pyridine rings is 1. The van der Waals surface area contributed by atoms with E-state index >= 15 is 0 Å². The third kappa shape index (κ3) is 3.55. The topological polar surface area (TPSA) is 79.6 Å². The number of rotatable bonds is 5. The van der Waals surface area contributed by atoms with Gasteiger partial charge >= 0.3 is 0 Å². The lowest BCUT2D eigenvalue weighted by atomic mass is 10.1. The van der Waals surface area contributed by atoms with E-state index in [0.29, 0.717) is 13.0 Å². The van der Waals surface area contributed by atoms with Crippen LogP contribution in [0.15, 0.2) is 42.6 Å². The number of carbonyl (C=O) groups excluding carboxylic acids is 2. The number of halogens is 2. The number of anilines is 1. The Hall–Kier alpha value is -3.36. The number of benzene rings is 1. The highest BCUT2D eigenvalue weighted by molar-refractivity contribution is 6.00. The first-order valence-electron chi connectivity index (χ1n) is 8.84. The van der Waals surface area contributed by atoms with Crippen molar-refractivity contribution in [1.82, 2.24) is 19.9 Å². The fourth-order valence-corrected chi connectivity index (χ4v) is 3.33. The van der Waals surface area contributed by atoms with E-state index in [-0.39, 0.29) is 30.5 Å². The van der Waals surface area contributed by atoms with Crippen molar-refractivity contribution in [1.29, 1.82) is 0 Å². The highest BCUT2D eigenvalue weighted by Gasteiger charge is 2.35. The van der Waals surface area contributed by atoms with Gasteiger partial charge in [0.1, 0.15) is 17.5 Å². The Morgan fingerprint density at radius 2 is 1.96 bits per heavy atom. The molecule has 2 aromatic heterocycles. The molecule has 0 spiro atoms. The van der Waals surface area contributed by atoms with E-state index in [2.05, 4.69) is 15.5 Å². The van der Waals surface area contributed by atoms with Crippen LogP contribution >= 0.6 is 0 Å². The van der Waals surface area contributed by atoms with Crippen LogP contribution in [0.3, 0.4) is 0 Å². The monoisotopic (exact) mass is 385 g/mol. The highest BCUT2D eigenvalue weighted by atomic mass is 19.1. The second kappa shape index (κ2) is 7.34. The molecule has 1 aromatic carbocycles. The maximum atomic E-state index is 13.4. The van der Waals surface area contributed by atoms with Gasteiger partial charge in [-0.2, -0.15) is 0 Å². The average Bonchev–Trinajstić information content (AvgIpc) is 3.25. The van der Waals surface area contributed by atoms with Crippen molar-refractivity contribution in [3.8, 4) is 0 Å². The van der Waals surface area contributed by atoms with Crippen LogP contribution in [-0.4, -0.2) is 39.5 Å². The Balaban J connectivity index is 1.36. The Morgan fingerprint density at radius 1 is 1.18 bits per heavy atom. The van der Waals surface area contributed by atoms with Gasteiger partial charge < -0.3 is 10.2 Å². The van der Waals surface area contributed by atoms with E-state index in [1.165, 1.54) is 4.90 Å². The minimum absolute atomic E-state index is 0.00215. The third-order valence-electron chi connectivity index (χ3n) is 4.69. The summed E-state index contributed by atoms with van der Waals surface area (Å²) >= 11 is 0. The first kappa shape index (κ1) is 18.0. The molecule has 1 atom stereocenters. The zero-order valence-corrected chi connectivity index (χ0v) is 14.8. The van der Waals surface area contributed by atoms with Gasteiger partial charge in [-0.1, -0.05) is 6.07 Å². The molecule has 1 saturated heterocycles. The molecule has 0 bridgehead atoms. The van der Waals surface area contributed by atoms with Gasteiger partial charge in [0.15, 0.2) is 5.65 Å². The first-order valence-corrected chi connectivity index (χ1v) is 8.84. The second-order valence-corrected chi connectivity index (χ2v) is 6.62. The normalized spacial score (nSPS) is 16.7. The van der Waals surface area contributed by atoms with Crippen molar-refractivity contribution < 1.29 is 18.4 Å². The Labute approximate surface area is 159 Å². The van der Waals surface area contributed by atoms with Crippen LogP contribution in [0.25, 0.3) is 5.65 Å². The number of nitrogens with one attached hydrogen (secondary N) is 1. The van der Waals surface area contributed by atoms with Crippen molar-refractivity contribution >= 4 is 23.1 Å². The van der Waals surface area contributed by atoms with Crippen molar-refractivity contribution in [2.24, 2.45) is 5.92 Å². The predicted octanol–water partition coefficient (Wildman–Crippen LogP) is 1.72. The van der Waals surface area contributed by atoms with Crippen molar-refractivity contribution in [3.63, 3.8) is 0 Å². The van der Waals surface area contributed by atoms with Gasteiger partial charge in [-0.15, -0.1) is 10.2 Å². The van der Waals surface area contributed by atoms with Crippen LogP contribution in [0.2, 0.25) is 0 Å². The molecule has 28 heavy (non-hydrogen) atoms. The fourth-order valence-electron chi connectivity index (χ4n) is 3.33. The fraction of sp³-hybridized carbons (Fsp3) is 0.263. The van der Waals surface area contributed by atoms with Gasteiger partial charge in [-0.3, -0.25) is 14.0 Å². The summed E-state index contributed by atoms with van der Waals surface area (Å²) in [6.07, 6.45) is 2.33. The zero-order chi connectivity index (χ0) is 19.7. The molecule has 2 amide bonds. The molecule has 1 aliphatic heterocycles. The van der Waals surface area contributed by atoms with Crippen LogP contribution in [0.5, 0.6) is 0 Å². The van der Waals surface area contributed by atoms with Crippen LogP contribution in [0.1, 0.15) is 12.2 Å². The molecule has 0 radical (unpaired) electrons. The number of carbonyl (C=O) groups is 2. The van der Waals surface area contributed by atoms with E-state index in [1.807, 2.05) is 28.8 Å². The summed E-state index contributed by atoms with van der Waals surface area (Å²) in [7, 11) is 0. The SMILES string of the molecule is O=C(NCCc1nnc2ccccn12)C1CC(=O)N(c2cc(F)cc(F)c2)C1. The summed E-state index contributed by atoms with van der Waals surface area (Å²) in [5.41, 5.74) is 0.843. The number of nitrogens with zero attached hydrogens (tertiary/aromatic N) is 4. The molecule has 1 fully saturated rings. The molecular formula is C19H17F2N5O2. The Kier molecular flexibility index (Phi) is 4.72. The summed E-state index contributed by atoms with van der Waals surface area (Å²) in [5.74, 6) is -2.01. The van der Waals surface area contributed by atoms with Crippen LogP contribution in [-0.2, 0) is 16.0 Å². The third-order valence-corrected chi connectivity index (χ3v) is 4.69. The predicted molar refractivity (Wildman–Crippen MR) is 96.5 cm³/mol. The lowest BCUT2D eigenvalue weighted by molar-refractivity contribution is -0.126. The maximum absolute atomic E-state index is 13.4. The number of hydrogen-bond donors (Lipinski definition) is 1. The summed E-state index contributed by atoms with van der Waals surface area (Å²) in [5, 5.41) is 10.9. The van der Waals surface area contributed by atoms with Gasteiger partial charge in [-0.05, 0) is 24.3 Å². The molecule has 7 nitrogen and oxygen atoms in total. The molecule has 0 saturated carbocycles. The number of aromatic nitrogens is 3. The smallest absolute Gasteiger partial charge is 0.227 e. The molecule has 144 valence electrons. The van der Waals surface area contributed by atoms with Crippen LogP contribution < -0.4 is 10.2 Å². The average molecular weight is 385 g/mol. The molecule has 1 N–H and O–H groups in total. The van der Waals surface area contributed by atoms with E-state index in [1.54, 1.807) is 0 Å². The minimum Gasteiger partial charge on any atom is -0.355 e. The van der Waals surface area contributed by atoms with Gasteiger partial charge in [0.05, 0.1) is 5.92 Å². The van der Waals surface area contributed by atoms with Gasteiger partial charge in [-0.25, -0.2) is 8.78 Å². The van der Waals surface area contributed by atoms with E-state index < -0.39 is 17.6 Å². The second-order valence-electron chi connectivity index (χ2n) is 6.62. The van der Waals surface area contributed by atoms with Crippen molar-refractivity contribution in [2.45, 2.75) is 12.8 Å². The van der Waals surface area contributed by atoms with Crippen LogP contribution in [0, 0.1) is 17.6 Å². The van der Waals surface area contributed by atoms with E-state index in [9.17, 15) is 18.4 Å². The molecule has 1 unspecified atom stereocenters. The standard InChI is InChI=1S/C19H17F2N5O2/c20-13-8-14(21)10-15(9-13)26-11-12(7-18(26)27)19(28)22-5-4-17-24-23-16-3-1-2-6-25(16)17/h1-3,6,8-10,12H,4-5,7,11H2,(H,22,28). The molecule has 4 rings (SSSR count). The number of amides is 2. The van der Waals surface area contributed by atoms with Gasteiger partial charge in [0, 0.05) is 43.9 Å². The molecular weight excluding hydrogens is 368 g/mol. The quantitative estimate of drug-likeness (QED) is 0.725. The number of hydrogen-bond acceptors (Lipinski definition) is 4. The minimum atomic E-state index is -0.767. The highest BCUT2D eigenvalue weighted by Crippen LogP contribution is 2.26. The molecule has 3 heterocycles. The van der Waals surface area contributed by atoms with Crippen LogP contribution in [0.4, 0.5) is 14.5 Å². The lowest BCUT2D eigenvalue weighted by Gasteiger charge is -2.17. The molecule has 3 aromatic rings.